The summed E-state index contributed by atoms with van der Waals surface area (Å²) in [4.78, 5) is 44.0. The van der Waals surface area contributed by atoms with Crippen molar-refractivity contribution in [2.45, 2.75) is 19.9 Å². The van der Waals surface area contributed by atoms with Crippen LogP contribution in [0.5, 0.6) is 11.5 Å². The molecule has 40 heavy (non-hydrogen) atoms. The van der Waals surface area contributed by atoms with Crippen molar-refractivity contribution in [3.8, 4) is 11.5 Å². The molecule has 1 aromatic heterocycles. The Morgan fingerprint density at radius 1 is 1.05 bits per heavy atom. The Hall–Kier alpha value is -4.47. The molecule has 1 aliphatic rings. The van der Waals surface area contributed by atoms with E-state index in [1.54, 1.807) is 67.6 Å². The minimum absolute atomic E-state index is 0.279. The van der Waals surface area contributed by atoms with Gasteiger partial charge >= 0.3 is 5.97 Å². The normalized spacial score (nSPS) is 14.8. The van der Waals surface area contributed by atoms with E-state index in [2.05, 4.69) is 10.3 Å². The van der Waals surface area contributed by atoms with Crippen LogP contribution in [0.1, 0.15) is 31.0 Å². The molecule has 0 bridgehead atoms. The third kappa shape index (κ3) is 5.47. The zero-order valence-electron chi connectivity index (χ0n) is 21.8. The Morgan fingerprint density at radius 3 is 2.45 bits per heavy atom. The van der Waals surface area contributed by atoms with E-state index in [0.717, 1.165) is 5.56 Å². The van der Waals surface area contributed by atoms with E-state index in [0.29, 0.717) is 42.6 Å². The molecular formula is C30H24ClN3O5S. The number of anilines is 1. The Labute approximate surface area is 238 Å². The molecule has 2 heterocycles. The second-order valence-electron chi connectivity index (χ2n) is 8.96. The van der Waals surface area contributed by atoms with Gasteiger partial charge in [0, 0.05) is 17.6 Å². The van der Waals surface area contributed by atoms with Crippen molar-refractivity contribution in [2.75, 3.05) is 12.4 Å². The van der Waals surface area contributed by atoms with E-state index in [1.807, 2.05) is 18.2 Å². The quantitative estimate of drug-likeness (QED) is 0.271. The second kappa shape index (κ2) is 11.3. The highest BCUT2D eigenvalue weighted by atomic mass is 35.5. The molecule has 0 spiro atoms. The largest absolute Gasteiger partial charge is 0.493 e. The first-order valence-corrected chi connectivity index (χ1v) is 13.5. The van der Waals surface area contributed by atoms with Crippen LogP contribution in [0, 0.1) is 0 Å². The van der Waals surface area contributed by atoms with Gasteiger partial charge in [-0.3, -0.25) is 19.0 Å². The van der Waals surface area contributed by atoms with Crippen LogP contribution in [0.2, 0.25) is 5.02 Å². The summed E-state index contributed by atoms with van der Waals surface area (Å²) >= 11 is 7.37. The molecule has 1 aliphatic heterocycles. The standard InChI is InChI=1S/C30H24ClN3O5S/c1-17-26(28(36)33-22-7-5-4-6-8-22)27(20-10-12-21(31)13-11-20)34-29(37)25(40-30(34)32-17)16-19-9-14-23(39-18(2)35)24(15-19)38-3/h4-16,27H,1-3H3,(H,33,36)/b25-16-/t27-/m1/s1. The molecule has 10 heteroatoms. The summed E-state index contributed by atoms with van der Waals surface area (Å²) in [6, 6.07) is 20.5. The van der Waals surface area contributed by atoms with E-state index >= 15 is 0 Å². The number of thiazole rings is 1. The summed E-state index contributed by atoms with van der Waals surface area (Å²) in [5.41, 5.74) is 2.58. The number of amides is 1. The Bertz CT molecular complexity index is 1830. The van der Waals surface area contributed by atoms with Gasteiger partial charge in [-0.15, -0.1) is 0 Å². The average Bonchev–Trinajstić information content (AvgIpc) is 3.23. The minimum Gasteiger partial charge on any atom is -0.493 e. The average molecular weight is 574 g/mol. The Morgan fingerprint density at radius 2 is 1.77 bits per heavy atom. The lowest BCUT2D eigenvalue weighted by atomic mass is 9.95. The van der Waals surface area contributed by atoms with Gasteiger partial charge in [0.1, 0.15) is 0 Å². The number of allylic oxidation sites excluding steroid dienone is 1. The van der Waals surface area contributed by atoms with Gasteiger partial charge in [-0.25, -0.2) is 4.99 Å². The summed E-state index contributed by atoms with van der Waals surface area (Å²) in [5.74, 6) is -0.191. The number of halogens is 1. The van der Waals surface area contributed by atoms with E-state index in [9.17, 15) is 14.4 Å². The van der Waals surface area contributed by atoms with Crippen LogP contribution in [0.15, 0.2) is 93.9 Å². The first kappa shape index (κ1) is 27.1. The molecule has 8 nitrogen and oxygen atoms in total. The number of carbonyl (C=O) groups excluding carboxylic acids is 2. The summed E-state index contributed by atoms with van der Waals surface area (Å²) in [5, 5.41) is 3.47. The number of fused-ring (bicyclic) bond motifs is 1. The maximum Gasteiger partial charge on any atom is 0.308 e. The van der Waals surface area contributed by atoms with Crippen molar-refractivity contribution < 1.29 is 19.1 Å². The molecule has 3 aromatic carbocycles. The van der Waals surface area contributed by atoms with Crippen LogP contribution >= 0.6 is 22.9 Å². The summed E-state index contributed by atoms with van der Waals surface area (Å²) in [6.07, 6.45) is 1.71. The molecule has 1 N–H and O–H groups in total. The highest BCUT2D eigenvalue weighted by molar-refractivity contribution is 7.07. The fourth-order valence-corrected chi connectivity index (χ4v) is 5.63. The molecule has 0 saturated heterocycles. The fourth-order valence-electron chi connectivity index (χ4n) is 4.46. The van der Waals surface area contributed by atoms with E-state index < -0.39 is 12.0 Å². The molecule has 0 saturated carbocycles. The van der Waals surface area contributed by atoms with E-state index in [4.69, 9.17) is 21.1 Å². The van der Waals surface area contributed by atoms with Gasteiger partial charge in [-0.2, -0.15) is 0 Å². The molecule has 0 unspecified atom stereocenters. The number of nitrogens with one attached hydrogen (secondary N) is 1. The van der Waals surface area contributed by atoms with E-state index in [-0.39, 0.29) is 17.2 Å². The number of para-hydroxylation sites is 1. The third-order valence-corrected chi connectivity index (χ3v) is 7.46. The molecule has 0 aliphatic carbocycles. The molecule has 0 fully saturated rings. The van der Waals surface area contributed by atoms with Crippen LogP contribution in [-0.2, 0) is 9.59 Å². The number of esters is 1. The number of hydrogen-bond donors (Lipinski definition) is 1. The maximum absolute atomic E-state index is 13.9. The number of aromatic nitrogens is 1. The Kier molecular flexibility index (Phi) is 7.68. The SMILES string of the molecule is COc1cc(/C=c2\sc3n(c2=O)[C@H](c2ccc(Cl)cc2)C(C(=O)Nc2ccccc2)=C(C)N=3)ccc1OC(C)=O. The number of benzene rings is 3. The van der Waals surface area contributed by atoms with Crippen LogP contribution in [0.4, 0.5) is 5.69 Å². The van der Waals surface area contributed by atoms with Gasteiger partial charge in [0.2, 0.25) is 0 Å². The zero-order chi connectivity index (χ0) is 28.4. The Balaban J connectivity index is 1.63. The lowest BCUT2D eigenvalue weighted by Crippen LogP contribution is -2.40. The number of nitrogens with zero attached hydrogens (tertiary/aromatic N) is 2. The lowest BCUT2D eigenvalue weighted by Gasteiger charge is -2.25. The number of carbonyl (C=O) groups is 2. The molecule has 0 radical (unpaired) electrons. The topological polar surface area (TPSA) is 99.0 Å². The lowest BCUT2D eigenvalue weighted by molar-refractivity contribution is -0.132. The third-order valence-electron chi connectivity index (χ3n) is 6.22. The van der Waals surface area contributed by atoms with Crippen molar-refractivity contribution in [1.29, 1.82) is 0 Å². The summed E-state index contributed by atoms with van der Waals surface area (Å²) in [7, 11) is 1.47. The molecule has 1 atom stereocenters. The molecular weight excluding hydrogens is 550 g/mol. The van der Waals surface area contributed by atoms with Gasteiger partial charge in [0.15, 0.2) is 16.3 Å². The molecule has 1 amide bonds. The number of methoxy groups -OCH3 is 1. The van der Waals surface area contributed by atoms with Crippen molar-refractivity contribution in [1.82, 2.24) is 4.57 Å². The predicted molar refractivity (Wildman–Crippen MR) is 155 cm³/mol. The molecule has 5 rings (SSSR count). The fraction of sp³-hybridized carbons (Fsp3) is 0.133. The number of hydrogen-bond acceptors (Lipinski definition) is 7. The van der Waals surface area contributed by atoms with Crippen LogP contribution in [0.3, 0.4) is 0 Å². The van der Waals surface area contributed by atoms with E-state index in [1.165, 1.54) is 29.9 Å². The summed E-state index contributed by atoms with van der Waals surface area (Å²) < 4.78 is 12.5. The first-order chi connectivity index (χ1) is 19.2. The highest BCUT2D eigenvalue weighted by Crippen LogP contribution is 2.32. The smallest absolute Gasteiger partial charge is 0.308 e. The van der Waals surface area contributed by atoms with Crippen molar-refractivity contribution in [3.63, 3.8) is 0 Å². The second-order valence-corrected chi connectivity index (χ2v) is 10.4. The zero-order valence-corrected chi connectivity index (χ0v) is 23.4. The maximum atomic E-state index is 13.9. The minimum atomic E-state index is -0.722. The number of rotatable bonds is 6. The summed E-state index contributed by atoms with van der Waals surface area (Å²) in [6.45, 7) is 3.07. The molecule has 202 valence electrons. The van der Waals surface area contributed by atoms with Crippen LogP contribution in [0.25, 0.3) is 6.08 Å². The number of ether oxygens (including phenoxy) is 2. The van der Waals surface area contributed by atoms with Crippen LogP contribution < -0.4 is 29.7 Å². The van der Waals surface area contributed by atoms with Crippen molar-refractivity contribution >= 4 is 46.6 Å². The van der Waals surface area contributed by atoms with Crippen molar-refractivity contribution in [2.24, 2.45) is 4.99 Å². The highest BCUT2D eigenvalue weighted by Gasteiger charge is 2.32. The van der Waals surface area contributed by atoms with Gasteiger partial charge in [-0.1, -0.05) is 59.3 Å². The first-order valence-electron chi connectivity index (χ1n) is 12.3. The van der Waals surface area contributed by atoms with Gasteiger partial charge in [0.25, 0.3) is 11.5 Å². The van der Waals surface area contributed by atoms with Gasteiger partial charge in [0.05, 0.1) is 29.0 Å². The van der Waals surface area contributed by atoms with Gasteiger partial charge in [-0.05, 0) is 60.5 Å². The monoisotopic (exact) mass is 573 g/mol. The van der Waals surface area contributed by atoms with Gasteiger partial charge < -0.3 is 14.8 Å². The van der Waals surface area contributed by atoms with Crippen molar-refractivity contribution in [3.05, 3.63) is 120 Å². The predicted octanol–water partition coefficient (Wildman–Crippen LogP) is 4.46. The van der Waals surface area contributed by atoms with Crippen LogP contribution in [-0.4, -0.2) is 23.6 Å². The molecule has 4 aromatic rings.